The van der Waals surface area contributed by atoms with E-state index < -0.39 is 18.0 Å². The Balaban J connectivity index is 1.58. The number of carbonyl (C=O) groups excluding carboxylic acids is 2. The minimum absolute atomic E-state index is 0.414. The number of benzene rings is 2. The standard InChI is InChI=1S/C20H21NO4S2/c1-13(18(22)21-16-5-3-4-6-17(16)24-2)25-19(23)14-7-9-15(10-8-14)20-26-11-12-27-20/h3-10,13,20H,11-12H2,1-2H3,(H,21,22)/t13-/m1/s1. The van der Waals surface area contributed by atoms with E-state index in [0.717, 1.165) is 11.5 Å². The van der Waals surface area contributed by atoms with Gasteiger partial charge < -0.3 is 14.8 Å². The van der Waals surface area contributed by atoms with Gasteiger partial charge >= 0.3 is 5.97 Å². The molecule has 0 aliphatic carbocycles. The van der Waals surface area contributed by atoms with E-state index in [9.17, 15) is 9.59 Å². The van der Waals surface area contributed by atoms with E-state index in [2.05, 4.69) is 5.32 Å². The van der Waals surface area contributed by atoms with Gasteiger partial charge in [0.2, 0.25) is 0 Å². The van der Waals surface area contributed by atoms with Gasteiger partial charge in [-0.2, -0.15) is 0 Å². The first-order valence-corrected chi connectivity index (χ1v) is 10.7. The van der Waals surface area contributed by atoms with Gasteiger partial charge in [0.1, 0.15) is 5.75 Å². The van der Waals surface area contributed by atoms with Crippen molar-refractivity contribution in [1.82, 2.24) is 0 Å². The van der Waals surface area contributed by atoms with Gasteiger partial charge in [0.05, 0.1) is 22.9 Å². The first-order valence-electron chi connectivity index (χ1n) is 8.56. The molecular weight excluding hydrogens is 382 g/mol. The van der Waals surface area contributed by atoms with Crippen LogP contribution in [0, 0.1) is 0 Å². The van der Waals surface area contributed by atoms with E-state index >= 15 is 0 Å². The molecular formula is C20H21NO4S2. The summed E-state index contributed by atoms with van der Waals surface area (Å²) in [5, 5.41) is 2.72. The van der Waals surface area contributed by atoms with Crippen molar-refractivity contribution in [2.75, 3.05) is 23.9 Å². The summed E-state index contributed by atoms with van der Waals surface area (Å²) in [7, 11) is 1.53. The minimum Gasteiger partial charge on any atom is -0.495 e. The number of amides is 1. The lowest BCUT2D eigenvalue weighted by Crippen LogP contribution is -2.30. The third-order valence-corrected chi connectivity index (χ3v) is 7.16. The van der Waals surface area contributed by atoms with Gasteiger partial charge in [0.15, 0.2) is 6.10 Å². The quantitative estimate of drug-likeness (QED) is 0.723. The number of carbonyl (C=O) groups is 2. The number of ether oxygens (including phenoxy) is 2. The lowest BCUT2D eigenvalue weighted by molar-refractivity contribution is -0.123. The Hall–Kier alpha value is -2.12. The average Bonchev–Trinajstić information content (AvgIpc) is 3.23. The molecule has 1 saturated heterocycles. The smallest absolute Gasteiger partial charge is 0.338 e. The van der Waals surface area contributed by atoms with Crippen LogP contribution in [0.4, 0.5) is 5.69 Å². The second-order valence-corrected chi connectivity index (χ2v) is 8.66. The summed E-state index contributed by atoms with van der Waals surface area (Å²) in [4.78, 5) is 24.7. The van der Waals surface area contributed by atoms with Gasteiger partial charge in [-0.3, -0.25) is 4.79 Å². The van der Waals surface area contributed by atoms with Crippen LogP contribution >= 0.6 is 23.5 Å². The highest BCUT2D eigenvalue weighted by Crippen LogP contribution is 2.45. The van der Waals surface area contributed by atoms with Crippen LogP contribution < -0.4 is 10.1 Å². The molecule has 1 atom stereocenters. The second kappa shape index (κ2) is 9.19. The molecule has 1 aliphatic rings. The van der Waals surface area contributed by atoms with E-state index in [0.29, 0.717) is 21.6 Å². The molecule has 1 N–H and O–H groups in total. The molecule has 1 fully saturated rings. The maximum Gasteiger partial charge on any atom is 0.338 e. The Morgan fingerprint density at radius 3 is 2.41 bits per heavy atom. The molecule has 0 radical (unpaired) electrons. The fraction of sp³-hybridized carbons (Fsp3) is 0.300. The average molecular weight is 404 g/mol. The van der Waals surface area contributed by atoms with E-state index in [1.165, 1.54) is 12.7 Å². The van der Waals surface area contributed by atoms with Crippen LogP contribution in [0.2, 0.25) is 0 Å². The summed E-state index contributed by atoms with van der Waals surface area (Å²) in [6.07, 6.45) is -0.928. The molecule has 3 rings (SSSR count). The summed E-state index contributed by atoms with van der Waals surface area (Å²) in [5.74, 6) is 1.91. The van der Waals surface area contributed by atoms with Crippen molar-refractivity contribution in [1.29, 1.82) is 0 Å². The Labute approximate surface area is 167 Å². The van der Waals surface area contributed by atoms with Crippen molar-refractivity contribution in [2.24, 2.45) is 0 Å². The number of nitrogens with one attached hydrogen (secondary N) is 1. The molecule has 2 aromatic carbocycles. The number of methoxy groups -OCH3 is 1. The Kier molecular flexibility index (Phi) is 6.68. The van der Waals surface area contributed by atoms with Gasteiger partial charge in [-0.15, -0.1) is 23.5 Å². The van der Waals surface area contributed by atoms with Gasteiger partial charge in [0.25, 0.3) is 5.91 Å². The van der Waals surface area contributed by atoms with Crippen LogP contribution in [0.25, 0.3) is 0 Å². The fourth-order valence-corrected chi connectivity index (χ4v) is 5.45. The topological polar surface area (TPSA) is 64.6 Å². The molecule has 142 valence electrons. The summed E-state index contributed by atoms with van der Waals surface area (Å²) in [6, 6.07) is 14.5. The lowest BCUT2D eigenvalue weighted by atomic mass is 10.1. The van der Waals surface area contributed by atoms with Gasteiger partial charge in [-0.1, -0.05) is 24.3 Å². The molecule has 0 aromatic heterocycles. The predicted octanol–water partition coefficient (Wildman–Crippen LogP) is 4.36. The number of hydrogen-bond donors (Lipinski definition) is 1. The van der Waals surface area contributed by atoms with E-state index in [4.69, 9.17) is 9.47 Å². The van der Waals surface area contributed by atoms with Crippen LogP contribution in [-0.2, 0) is 9.53 Å². The summed E-state index contributed by atoms with van der Waals surface area (Å²) in [6.45, 7) is 1.54. The zero-order chi connectivity index (χ0) is 19.2. The molecule has 5 nitrogen and oxygen atoms in total. The van der Waals surface area contributed by atoms with Crippen LogP contribution in [0.3, 0.4) is 0 Å². The fourth-order valence-electron chi connectivity index (χ4n) is 2.59. The summed E-state index contributed by atoms with van der Waals surface area (Å²) < 4.78 is 10.9. The number of para-hydroxylation sites is 2. The number of esters is 1. The lowest BCUT2D eigenvalue weighted by Gasteiger charge is -2.15. The summed E-state index contributed by atoms with van der Waals surface area (Å²) >= 11 is 3.82. The van der Waals surface area contributed by atoms with Crippen LogP contribution in [0.15, 0.2) is 48.5 Å². The molecule has 1 heterocycles. The molecule has 0 spiro atoms. The monoisotopic (exact) mass is 403 g/mol. The molecule has 7 heteroatoms. The SMILES string of the molecule is COc1ccccc1NC(=O)[C@@H](C)OC(=O)c1ccc(C2SCCS2)cc1. The molecule has 1 aliphatic heterocycles. The van der Waals surface area contributed by atoms with E-state index in [-0.39, 0.29) is 0 Å². The maximum absolute atomic E-state index is 12.3. The van der Waals surface area contributed by atoms with Crippen molar-refractivity contribution in [3.05, 3.63) is 59.7 Å². The molecule has 1 amide bonds. The first kappa shape index (κ1) is 19.6. The Morgan fingerprint density at radius 1 is 1.07 bits per heavy atom. The van der Waals surface area contributed by atoms with Crippen LogP contribution in [-0.4, -0.2) is 36.6 Å². The molecule has 27 heavy (non-hydrogen) atoms. The highest BCUT2D eigenvalue weighted by Gasteiger charge is 2.21. The zero-order valence-electron chi connectivity index (χ0n) is 15.1. The highest BCUT2D eigenvalue weighted by molar-refractivity contribution is 8.19. The van der Waals surface area contributed by atoms with Crippen LogP contribution in [0.5, 0.6) is 5.75 Å². The zero-order valence-corrected chi connectivity index (χ0v) is 16.8. The van der Waals surface area contributed by atoms with E-state index in [1.54, 1.807) is 37.3 Å². The number of thioether (sulfide) groups is 2. The van der Waals surface area contributed by atoms with Gasteiger partial charge in [-0.05, 0) is 36.8 Å². The molecule has 0 bridgehead atoms. The number of rotatable bonds is 6. The Morgan fingerprint density at radius 2 is 1.74 bits per heavy atom. The first-order chi connectivity index (χ1) is 13.1. The van der Waals surface area contributed by atoms with Crippen molar-refractivity contribution in [3.63, 3.8) is 0 Å². The van der Waals surface area contributed by atoms with Gasteiger partial charge in [-0.25, -0.2) is 4.79 Å². The minimum atomic E-state index is -0.928. The second-order valence-electron chi connectivity index (χ2n) is 5.93. The van der Waals surface area contributed by atoms with Crippen LogP contribution in [0.1, 0.15) is 27.4 Å². The summed E-state index contributed by atoms with van der Waals surface area (Å²) in [5.41, 5.74) is 2.16. The van der Waals surface area contributed by atoms with Crippen molar-refractivity contribution < 1.29 is 19.1 Å². The number of hydrogen-bond acceptors (Lipinski definition) is 6. The number of anilines is 1. The predicted molar refractivity (Wildman–Crippen MR) is 111 cm³/mol. The van der Waals surface area contributed by atoms with Crippen molar-refractivity contribution >= 4 is 41.1 Å². The molecule has 0 unspecified atom stereocenters. The molecule has 2 aromatic rings. The van der Waals surface area contributed by atoms with Crippen molar-refractivity contribution in [3.8, 4) is 5.75 Å². The molecule has 0 saturated carbocycles. The highest BCUT2D eigenvalue weighted by atomic mass is 32.2. The third kappa shape index (κ3) is 4.99. The normalized spacial score (nSPS) is 15.2. The third-order valence-electron chi connectivity index (χ3n) is 4.06. The van der Waals surface area contributed by atoms with Gasteiger partial charge in [0, 0.05) is 11.5 Å². The largest absolute Gasteiger partial charge is 0.495 e. The maximum atomic E-state index is 12.3. The van der Waals surface area contributed by atoms with E-state index in [1.807, 2.05) is 41.7 Å². The Bertz CT molecular complexity index is 804. The van der Waals surface area contributed by atoms with Crippen molar-refractivity contribution in [2.45, 2.75) is 17.6 Å².